The first-order valence-electron chi connectivity index (χ1n) is 4.92. The van der Waals surface area contributed by atoms with Crippen LogP contribution in [-0.4, -0.2) is 19.1 Å². The molecule has 0 bridgehead atoms. The maximum Gasteiger partial charge on any atom is 0.0443 e. The highest BCUT2D eigenvalue weighted by molar-refractivity contribution is 6.00. The average Bonchev–Trinajstić information content (AvgIpc) is 2.17. The lowest BCUT2D eigenvalue weighted by atomic mass is 10.1. The SMILES string of the molecule is Cc1cc2c(N(C)C)ccc(N)c2cn1. The number of rotatable bonds is 1. The molecule has 0 saturated carbocycles. The fourth-order valence-corrected chi connectivity index (χ4v) is 1.74. The fourth-order valence-electron chi connectivity index (χ4n) is 1.74. The molecule has 0 saturated heterocycles. The van der Waals surface area contributed by atoms with E-state index in [9.17, 15) is 0 Å². The maximum atomic E-state index is 5.92. The monoisotopic (exact) mass is 201 g/mol. The molecular formula is C12H15N3. The Kier molecular flexibility index (Phi) is 2.23. The molecule has 0 aliphatic heterocycles. The van der Waals surface area contributed by atoms with Crippen molar-refractivity contribution in [2.75, 3.05) is 24.7 Å². The van der Waals surface area contributed by atoms with Gasteiger partial charge in [-0.2, -0.15) is 0 Å². The van der Waals surface area contributed by atoms with Crippen molar-refractivity contribution in [3.8, 4) is 0 Å². The molecule has 2 rings (SSSR count). The van der Waals surface area contributed by atoms with Crippen molar-refractivity contribution in [2.45, 2.75) is 6.92 Å². The summed E-state index contributed by atoms with van der Waals surface area (Å²) in [6.07, 6.45) is 1.84. The quantitative estimate of drug-likeness (QED) is 0.719. The van der Waals surface area contributed by atoms with E-state index >= 15 is 0 Å². The molecule has 1 aromatic heterocycles. The molecule has 3 heteroatoms. The van der Waals surface area contributed by atoms with Gasteiger partial charge in [-0.1, -0.05) is 0 Å². The molecular weight excluding hydrogens is 186 g/mol. The van der Waals surface area contributed by atoms with Gasteiger partial charge in [0.25, 0.3) is 0 Å². The van der Waals surface area contributed by atoms with Gasteiger partial charge in [-0.3, -0.25) is 4.98 Å². The second-order valence-corrected chi connectivity index (χ2v) is 3.94. The zero-order valence-electron chi connectivity index (χ0n) is 9.28. The van der Waals surface area contributed by atoms with Crippen LogP contribution in [0, 0.1) is 6.92 Å². The molecule has 78 valence electrons. The van der Waals surface area contributed by atoms with Gasteiger partial charge in [0.1, 0.15) is 0 Å². The van der Waals surface area contributed by atoms with Crippen LogP contribution < -0.4 is 10.6 Å². The number of aryl methyl sites for hydroxylation is 1. The second-order valence-electron chi connectivity index (χ2n) is 3.94. The van der Waals surface area contributed by atoms with Crippen molar-refractivity contribution in [2.24, 2.45) is 0 Å². The van der Waals surface area contributed by atoms with Crippen molar-refractivity contribution in [3.63, 3.8) is 0 Å². The third-order valence-corrected chi connectivity index (χ3v) is 2.53. The summed E-state index contributed by atoms with van der Waals surface area (Å²) >= 11 is 0. The lowest BCUT2D eigenvalue weighted by molar-refractivity contribution is 1.14. The Bertz CT molecular complexity index is 503. The normalized spacial score (nSPS) is 10.6. The summed E-state index contributed by atoms with van der Waals surface area (Å²) in [5.74, 6) is 0. The van der Waals surface area contributed by atoms with Crippen LogP contribution in [0.15, 0.2) is 24.4 Å². The van der Waals surface area contributed by atoms with Crippen molar-refractivity contribution in [3.05, 3.63) is 30.1 Å². The number of fused-ring (bicyclic) bond motifs is 1. The van der Waals surface area contributed by atoms with E-state index < -0.39 is 0 Å². The smallest absolute Gasteiger partial charge is 0.0443 e. The molecule has 0 spiro atoms. The summed E-state index contributed by atoms with van der Waals surface area (Å²) in [5.41, 5.74) is 8.88. The van der Waals surface area contributed by atoms with Gasteiger partial charge in [0.05, 0.1) is 0 Å². The highest BCUT2D eigenvalue weighted by atomic mass is 15.1. The Labute approximate surface area is 89.5 Å². The highest BCUT2D eigenvalue weighted by Crippen LogP contribution is 2.29. The van der Waals surface area contributed by atoms with Gasteiger partial charge >= 0.3 is 0 Å². The van der Waals surface area contributed by atoms with Crippen molar-refractivity contribution in [1.29, 1.82) is 0 Å². The molecule has 2 N–H and O–H groups in total. The lowest BCUT2D eigenvalue weighted by Crippen LogP contribution is -2.09. The number of anilines is 2. The van der Waals surface area contributed by atoms with E-state index in [2.05, 4.69) is 16.0 Å². The second kappa shape index (κ2) is 3.42. The van der Waals surface area contributed by atoms with Gasteiger partial charge in [0, 0.05) is 48.1 Å². The molecule has 0 aliphatic carbocycles. The predicted molar refractivity (Wildman–Crippen MR) is 65.2 cm³/mol. The first-order chi connectivity index (χ1) is 7.09. The predicted octanol–water partition coefficient (Wildman–Crippen LogP) is 2.19. The summed E-state index contributed by atoms with van der Waals surface area (Å²) < 4.78 is 0. The van der Waals surface area contributed by atoms with E-state index in [0.717, 1.165) is 22.2 Å². The van der Waals surface area contributed by atoms with Crippen LogP contribution in [0.4, 0.5) is 11.4 Å². The standard InChI is InChI=1S/C12H15N3/c1-8-6-9-10(7-14-8)11(13)4-5-12(9)15(2)3/h4-7H,13H2,1-3H3. The van der Waals surface area contributed by atoms with Crippen molar-refractivity contribution >= 4 is 22.1 Å². The number of nitrogen functional groups attached to an aromatic ring is 1. The minimum absolute atomic E-state index is 0.781. The Hall–Kier alpha value is -1.77. The molecule has 0 radical (unpaired) electrons. The Balaban J connectivity index is 2.84. The molecule has 0 aliphatic rings. The Morgan fingerprint density at radius 2 is 1.93 bits per heavy atom. The number of hydrogen-bond acceptors (Lipinski definition) is 3. The van der Waals surface area contributed by atoms with Crippen LogP contribution in [0.1, 0.15) is 5.69 Å². The van der Waals surface area contributed by atoms with E-state index in [4.69, 9.17) is 5.73 Å². The molecule has 2 aromatic rings. The maximum absolute atomic E-state index is 5.92. The summed E-state index contributed by atoms with van der Waals surface area (Å²) in [6, 6.07) is 6.03. The Morgan fingerprint density at radius 3 is 2.60 bits per heavy atom. The van der Waals surface area contributed by atoms with E-state index in [1.54, 1.807) is 0 Å². The zero-order valence-corrected chi connectivity index (χ0v) is 9.28. The number of aromatic nitrogens is 1. The van der Waals surface area contributed by atoms with Crippen LogP contribution in [0.3, 0.4) is 0 Å². The first-order valence-corrected chi connectivity index (χ1v) is 4.92. The van der Waals surface area contributed by atoms with Gasteiger partial charge in [-0.25, -0.2) is 0 Å². The fraction of sp³-hybridized carbons (Fsp3) is 0.250. The van der Waals surface area contributed by atoms with Crippen LogP contribution in [-0.2, 0) is 0 Å². The highest BCUT2D eigenvalue weighted by Gasteiger charge is 2.06. The van der Waals surface area contributed by atoms with Crippen LogP contribution in [0.5, 0.6) is 0 Å². The van der Waals surface area contributed by atoms with E-state index in [0.29, 0.717) is 0 Å². The van der Waals surface area contributed by atoms with E-state index in [1.807, 2.05) is 39.3 Å². The summed E-state index contributed by atoms with van der Waals surface area (Å²) in [7, 11) is 4.06. The minimum Gasteiger partial charge on any atom is -0.398 e. The average molecular weight is 201 g/mol. The number of nitrogens with two attached hydrogens (primary N) is 1. The molecule has 1 aromatic carbocycles. The van der Waals surface area contributed by atoms with Gasteiger partial charge in [0.15, 0.2) is 0 Å². The van der Waals surface area contributed by atoms with Crippen molar-refractivity contribution in [1.82, 2.24) is 4.98 Å². The van der Waals surface area contributed by atoms with Gasteiger partial charge in [-0.15, -0.1) is 0 Å². The minimum atomic E-state index is 0.781. The Morgan fingerprint density at radius 1 is 1.20 bits per heavy atom. The third kappa shape index (κ3) is 1.61. The van der Waals surface area contributed by atoms with E-state index in [-0.39, 0.29) is 0 Å². The van der Waals surface area contributed by atoms with Crippen LogP contribution in [0.25, 0.3) is 10.8 Å². The summed E-state index contributed by atoms with van der Waals surface area (Å²) in [4.78, 5) is 6.35. The molecule has 0 atom stereocenters. The topological polar surface area (TPSA) is 42.1 Å². The van der Waals surface area contributed by atoms with E-state index in [1.165, 1.54) is 5.69 Å². The third-order valence-electron chi connectivity index (χ3n) is 2.53. The molecule has 15 heavy (non-hydrogen) atoms. The first kappa shape index (κ1) is 9.77. The van der Waals surface area contributed by atoms with Gasteiger partial charge in [-0.05, 0) is 25.1 Å². The molecule has 0 fully saturated rings. The number of benzene rings is 1. The largest absolute Gasteiger partial charge is 0.398 e. The molecule has 0 amide bonds. The lowest BCUT2D eigenvalue weighted by Gasteiger charge is -2.16. The van der Waals surface area contributed by atoms with Gasteiger partial charge < -0.3 is 10.6 Å². The van der Waals surface area contributed by atoms with Crippen LogP contribution >= 0.6 is 0 Å². The number of hydrogen-bond donors (Lipinski definition) is 1. The summed E-state index contributed by atoms with van der Waals surface area (Å²) in [5, 5.41) is 2.18. The molecule has 1 heterocycles. The molecule has 3 nitrogen and oxygen atoms in total. The van der Waals surface area contributed by atoms with Crippen LogP contribution in [0.2, 0.25) is 0 Å². The molecule has 0 unspecified atom stereocenters. The number of nitrogens with zero attached hydrogens (tertiary/aromatic N) is 2. The number of pyridine rings is 1. The zero-order chi connectivity index (χ0) is 11.0. The van der Waals surface area contributed by atoms with Gasteiger partial charge in [0.2, 0.25) is 0 Å². The van der Waals surface area contributed by atoms with Crippen molar-refractivity contribution < 1.29 is 0 Å². The summed E-state index contributed by atoms with van der Waals surface area (Å²) in [6.45, 7) is 1.99.